The normalized spacial score (nSPS) is 11.4. The van der Waals surface area contributed by atoms with Crippen LogP contribution in [0.2, 0.25) is 0 Å². The summed E-state index contributed by atoms with van der Waals surface area (Å²) in [5.74, 6) is -1.43. The van der Waals surface area contributed by atoms with E-state index in [1.165, 1.54) is 24.3 Å². The van der Waals surface area contributed by atoms with Crippen LogP contribution in [0.15, 0.2) is 36.5 Å². The Labute approximate surface area is 117 Å². The highest BCUT2D eigenvalue weighted by atomic mass is 19.4. The van der Waals surface area contributed by atoms with Crippen LogP contribution in [0.1, 0.15) is 27.2 Å². The first kappa shape index (κ1) is 15.0. The summed E-state index contributed by atoms with van der Waals surface area (Å²) in [4.78, 5) is 15.0. The van der Waals surface area contributed by atoms with Gasteiger partial charge in [-0.15, -0.1) is 0 Å². The summed E-state index contributed by atoms with van der Waals surface area (Å²) in [6.07, 6.45) is -3.88. The van der Waals surface area contributed by atoms with Gasteiger partial charge < -0.3 is 5.73 Å². The molecule has 0 radical (unpaired) electrons. The molecule has 3 nitrogen and oxygen atoms in total. The molecule has 7 heteroatoms. The van der Waals surface area contributed by atoms with Gasteiger partial charge in [0.05, 0.1) is 16.8 Å². The molecular weight excluding hydrogens is 288 g/mol. The number of halogens is 4. The van der Waals surface area contributed by atoms with Gasteiger partial charge in [0, 0.05) is 12.6 Å². The number of amides is 1. The lowest BCUT2D eigenvalue weighted by atomic mass is 10.0. The van der Waals surface area contributed by atoms with E-state index in [9.17, 15) is 22.4 Å². The fraction of sp³-hybridized carbons (Fsp3) is 0.143. The molecule has 110 valence electrons. The molecule has 2 aromatic rings. The Hall–Kier alpha value is -2.44. The molecule has 0 spiro atoms. The van der Waals surface area contributed by atoms with Crippen LogP contribution in [-0.4, -0.2) is 10.9 Å². The average Bonchev–Trinajstić information content (AvgIpc) is 2.40. The lowest BCUT2D eigenvalue weighted by molar-refractivity contribution is -0.137. The molecule has 0 atom stereocenters. The van der Waals surface area contributed by atoms with Crippen LogP contribution in [0.4, 0.5) is 17.6 Å². The maximum absolute atomic E-state index is 12.8. The second-order valence-corrected chi connectivity index (χ2v) is 4.38. The number of carbonyl (C=O) groups is 1. The summed E-state index contributed by atoms with van der Waals surface area (Å²) in [5, 5.41) is 0. The Kier molecular flexibility index (Phi) is 3.93. The molecule has 0 aliphatic carbocycles. The zero-order valence-electron chi connectivity index (χ0n) is 10.6. The van der Waals surface area contributed by atoms with Crippen molar-refractivity contribution in [2.75, 3.05) is 0 Å². The van der Waals surface area contributed by atoms with E-state index in [4.69, 9.17) is 5.73 Å². The minimum absolute atomic E-state index is 0.0801. The van der Waals surface area contributed by atoms with Gasteiger partial charge in [-0.25, -0.2) is 4.39 Å². The van der Waals surface area contributed by atoms with Crippen molar-refractivity contribution in [3.05, 3.63) is 64.7 Å². The molecule has 1 heterocycles. The van der Waals surface area contributed by atoms with E-state index in [0.29, 0.717) is 17.8 Å². The van der Waals surface area contributed by atoms with E-state index in [0.717, 1.165) is 0 Å². The zero-order valence-corrected chi connectivity index (χ0v) is 10.6. The van der Waals surface area contributed by atoms with Gasteiger partial charge in [0.2, 0.25) is 0 Å². The Morgan fingerprint density at radius 1 is 1.19 bits per heavy atom. The van der Waals surface area contributed by atoms with Crippen molar-refractivity contribution in [3.63, 3.8) is 0 Å². The number of primary amides is 1. The van der Waals surface area contributed by atoms with E-state index in [1.54, 1.807) is 0 Å². The van der Waals surface area contributed by atoms with E-state index in [-0.39, 0.29) is 17.7 Å². The molecule has 1 amide bonds. The SMILES string of the molecule is NC(=O)c1cc(C(F)(F)F)cnc1Cc1ccc(F)cc1. The summed E-state index contributed by atoms with van der Waals surface area (Å²) < 4.78 is 50.6. The average molecular weight is 298 g/mol. The topological polar surface area (TPSA) is 56.0 Å². The van der Waals surface area contributed by atoms with Crippen LogP contribution in [0.5, 0.6) is 0 Å². The highest BCUT2D eigenvalue weighted by molar-refractivity contribution is 5.94. The second-order valence-electron chi connectivity index (χ2n) is 4.38. The third-order valence-electron chi connectivity index (χ3n) is 2.85. The van der Waals surface area contributed by atoms with Crippen molar-refractivity contribution in [2.24, 2.45) is 5.73 Å². The van der Waals surface area contributed by atoms with Crippen molar-refractivity contribution in [1.29, 1.82) is 0 Å². The third kappa shape index (κ3) is 3.56. The van der Waals surface area contributed by atoms with Crippen LogP contribution < -0.4 is 5.73 Å². The standard InChI is InChI=1S/C14H10F4N2O/c15-10-3-1-8(2-4-10)5-12-11(13(19)21)6-9(7-20-12)14(16,17)18/h1-4,6-7H,5H2,(H2,19,21). The van der Waals surface area contributed by atoms with Gasteiger partial charge in [-0.3, -0.25) is 9.78 Å². The van der Waals surface area contributed by atoms with Crippen LogP contribution in [0.25, 0.3) is 0 Å². The number of aromatic nitrogens is 1. The van der Waals surface area contributed by atoms with Crippen molar-refractivity contribution >= 4 is 5.91 Å². The summed E-state index contributed by atoms with van der Waals surface area (Å²) >= 11 is 0. The first-order valence-electron chi connectivity index (χ1n) is 5.88. The summed E-state index contributed by atoms with van der Waals surface area (Å²) in [6.45, 7) is 0. The molecule has 0 saturated heterocycles. The highest BCUT2D eigenvalue weighted by Gasteiger charge is 2.32. The fourth-order valence-corrected chi connectivity index (χ4v) is 1.80. The van der Waals surface area contributed by atoms with Crippen molar-refractivity contribution in [1.82, 2.24) is 4.98 Å². The molecule has 1 aromatic heterocycles. The number of rotatable bonds is 3. The molecule has 21 heavy (non-hydrogen) atoms. The Morgan fingerprint density at radius 3 is 2.33 bits per heavy atom. The van der Waals surface area contributed by atoms with Crippen LogP contribution in [0.3, 0.4) is 0 Å². The quantitative estimate of drug-likeness (QED) is 0.886. The Morgan fingerprint density at radius 2 is 1.81 bits per heavy atom. The monoisotopic (exact) mass is 298 g/mol. The van der Waals surface area contributed by atoms with Crippen molar-refractivity contribution in [3.8, 4) is 0 Å². The minimum atomic E-state index is -4.61. The molecule has 0 unspecified atom stereocenters. The molecule has 0 bridgehead atoms. The van der Waals surface area contributed by atoms with Gasteiger partial charge in [0.25, 0.3) is 5.91 Å². The number of hydrogen-bond donors (Lipinski definition) is 1. The van der Waals surface area contributed by atoms with Crippen LogP contribution in [0, 0.1) is 5.82 Å². The van der Waals surface area contributed by atoms with E-state index >= 15 is 0 Å². The van der Waals surface area contributed by atoms with E-state index in [1.807, 2.05) is 0 Å². The minimum Gasteiger partial charge on any atom is -0.366 e. The summed E-state index contributed by atoms with van der Waals surface area (Å²) in [7, 11) is 0. The zero-order chi connectivity index (χ0) is 15.6. The van der Waals surface area contributed by atoms with Gasteiger partial charge in [-0.05, 0) is 23.8 Å². The predicted octanol–water partition coefficient (Wildman–Crippen LogP) is 2.93. The van der Waals surface area contributed by atoms with Gasteiger partial charge in [-0.2, -0.15) is 13.2 Å². The molecule has 1 aromatic carbocycles. The second kappa shape index (κ2) is 5.51. The smallest absolute Gasteiger partial charge is 0.366 e. The molecule has 0 aliphatic rings. The summed E-state index contributed by atoms with van der Waals surface area (Å²) in [5.41, 5.74) is 4.47. The fourth-order valence-electron chi connectivity index (χ4n) is 1.80. The maximum atomic E-state index is 12.8. The van der Waals surface area contributed by atoms with Gasteiger partial charge in [0.1, 0.15) is 5.82 Å². The largest absolute Gasteiger partial charge is 0.417 e. The lowest BCUT2D eigenvalue weighted by Crippen LogP contribution is -2.17. The number of hydrogen-bond acceptors (Lipinski definition) is 2. The maximum Gasteiger partial charge on any atom is 0.417 e. The molecule has 0 aliphatic heterocycles. The molecule has 2 rings (SSSR count). The molecular formula is C14H10F4N2O. The lowest BCUT2D eigenvalue weighted by Gasteiger charge is -2.11. The molecule has 2 N–H and O–H groups in total. The van der Waals surface area contributed by atoms with Crippen molar-refractivity contribution in [2.45, 2.75) is 12.6 Å². The predicted molar refractivity (Wildman–Crippen MR) is 67.0 cm³/mol. The highest BCUT2D eigenvalue weighted by Crippen LogP contribution is 2.30. The number of nitrogens with zero attached hydrogens (tertiary/aromatic N) is 1. The number of carbonyl (C=O) groups excluding carboxylic acids is 1. The Bertz CT molecular complexity index is 666. The summed E-state index contributed by atoms with van der Waals surface area (Å²) in [6, 6.07) is 6.01. The van der Waals surface area contributed by atoms with E-state index in [2.05, 4.69) is 4.98 Å². The molecule has 0 fully saturated rings. The van der Waals surface area contributed by atoms with Gasteiger partial charge in [-0.1, -0.05) is 12.1 Å². The van der Waals surface area contributed by atoms with Gasteiger partial charge in [0.15, 0.2) is 0 Å². The third-order valence-corrected chi connectivity index (χ3v) is 2.85. The van der Waals surface area contributed by atoms with E-state index < -0.39 is 23.5 Å². The number of benzene rings is 1. The Balaban J connectivity index is 2.39. The number of nitrogens with two attached hydrogens (primary N) is 1. The van der Waals surface area contributed by atoms with Crippen LogP contribution in [-0.2, 0) is 12.6 Å². The van der Waals surface area contributed by atoms with Gasteiger partial charge >= 0.3 is 6.18 Å². The number of alkyl halides is 3. The number of pyridine rings is 1. The van der Waals surface area contributed by atoms with Crippen molar-refractivity contribution < 1.29 is 22.4 Å². The molecule has 0 saturated carbocycles. The van der Waals surface area contributed by atoms with Crippen LogP contribution >= 0.6 is 0 Å². The first-order valence-corrected chi connectivity index (χ1v) is 5.88. The first-order chi connectivity index (χ1) is 9.77.